The van der Waals surface area contributed by atoms with Crippen LogP contribution in [0.1, 0.15) is 32.1 Å². The lowest BCUT2D eigenvalue weighted by atomic mass is 10.1. The van der Waals surface area contributed by atoms with Gasteiger partial charge < -0.3 is 10.5 Å². The van der Waals surface area contributed by atoms with Gasteiger partial charge in [0.15, 0.2) is 0 Å². The molecule has 0 unspecified atom stereocenters. The third-order valence-corrected chi connectivity index (χ3v) is 6.60. The van der Waals surface area contributed by atoms with Gasteiger partial charge in [0.2, 0.25) is 15.9 Å². The van der Waals surface area contributed by atoms with Gasteiger partial charge in [0.05, 0.1) is 11.0 Å². The Morgan fingerprint density at radius 3 is 2.43 bits per heavy atom. The van der Waals surface area contributed by atoms with Crippen molar-refractivity contribution >= 4 is 27.5 Å². The topological polar surface area (TPSA) is 89.7 Å². The highest BCUT2D eigenvalue weighted by molar-refractivity contribution is 7.89. The summed E-state index contributed by atoms with van der Waals surface area (Å²) in [6, 6.07) is 3.51. The van der Waals surface area contributed by atoms with Gasteiger partial charge in [-0.05, 0) is 49.9 Å². The predicted molar refractivity (Wildman–Crippen MR) is 97.2 cm³/mol. The normalized spacial score (nSPS) is 19.5. The Hall–Kier alpha value is -1.36. The first kappa shape index (κ1) is 22.9. The molecular formula is C17H22ClF3N2O4S. The van der Waals surface area contributed by atoms with Crippen LogP contribution in [0, 0.1) is 0 Å². The SMILES string of the molecule is NC(=O)[C@@H](CCC(F)(F)F)N(C[C@H]1CCCCO1)S(=O)(=O)c1ccc(Cl)cc1. The van der Waals surface area contributed by atoms with Crippen molar-refractivity contribution in [3.05, 3.63) is 29.3 Å². The van der Waals surface area contributed by atoms with Crippen LogP contribution >= 0.6 is 11.6 Å². The van der Waals surface area contributed by atoms with E-state index in [0.29, 0.717) is 18.1 Å². The Kier molecular flexibility index (Phi) is 7.72. The number of hydrogen-bond donors (Lipinski definition) is 1. The molecule has 158 valence electrons. The molecule has 2 N–H and O–H groups in total. The summed E-state index contributed by atoms with van der Waals surface area (Å²) in [4.78, 5) is 11.7. The van der Waals surface area contributed by atoms with Crippen LogP contribution in [-0.4, -0.2) is 50.1 Å². The zero-order chi connectivity index (χ0) is 20.9. The largest absolute Gasteiger partial charge is 0.389 e. The van der Waals surface area contributed by atoms with Gasteiger partial charge in [0, 0.05) is 24.6 Å². The molecule has 2 atom stereocenters. The highest BCUT2D eigenvalue weighted by Gasteiger charge is 2.39. The van der Waals surface area contributed by atoms with Gasteiger partial charge in [-0.1, -0.05) is 11.6 Å². The molecule has 28 heavy (non-hydrogen) atoms. The van der Waals surface area contributed by atoms with Crippen molar-refractivity contribution < 1.29 is 31.1 Å². The van der Waals surface area contributed by atoms with Crippen LogP contribution in [0.15, 0.2) is 29.2 Å². The summed E-state index contributed by atoms with van der Waals surface area (Å²) in [5, 5.41) is 0.296. The summed E-state index contributed by atoms with van der Waals surface area (Å²) in [5.74, 6) is -1.14. The summed E-state index contributed by atoms with van der Waals surface area (Å²) in [7, 11) is -4.30. The highest BCUT2D eigenvalue weighted by Crippen LogP contribution is 2.28. The zero-order valence-electron chi connectivity index (χ0n) is 15.0. The fourth-order valence-corrected chi connectivity index (χ4v) is 4.80. The van der Waals surface area contributed by atoms with Crippen LogP contribution in [-0.2, 0) is 19.6 Å². The molecule has 0 bridgehead atoms. The van der Waals surface area contributed by atoms with Crippen molar-refractivity contribution in [1.82, 2.24) is 4.31 Å². The number of alkyl halides is 3. The van der Waals surface area contributed by atoms with Crippen LogP contribution in [0.3, 0.4) is 0 Å². The van der Waals surface area contributed by atoms with Crippen LogP contribution in [0.5, 0.6) is 0 Å². The van der Waals surface area contributed by atoms with Gasteiger partial charge in [-0.3, -0.25) is 4.79 Å². The number of ether oxygens (including phenoxy) is 1. The molecule has 1 amide bonds. The predicted octanol–water partition coefficient (Wildman–Crippen LogP) is 3.10. The van der Waals surface area contributed by atoms with Crippen molar-refractivity contribution in [1.29, 1.82) is 0 Å². The minimum absolute atomic E-state index is 0.189. The molecule has 1 fully saturated rings. The lowest BCUT2D eigenvalue weighted by molar-refractivity contribution is -0.140. The van der Waals surface area contributed by atoms with E-state index in [-0.39, 0.29) is 11.4 Å². The van der Waals surface area contributed by atoms with Crippen LogP contribution < -0.4 is 5.73 Å². The Bertz CT molecular complexity index is 766. The quantitative estimate of drug-likeness (QED) is 0.669. The molecular weight excluding hydrogens is 421 g/mol. The molecule has 1 heterocycles. The van der Waals surface area contributed by atoms with Crippen LogP contribution in [0.4, 0.5) is 13.2 Å². The maximum absolute atomic E-state index is 13.1. The van der Waals surface area contributed by atoms with E-state index in [0.717, 1.165) is 17.1 Å². The molecule has 1 aromatic carbocycles. The molecule has 0 radical (unpaired) electrons. The van der Waals surface area contributed by atoms with Gasteiger partial charge in [0.25, 0.3) is 0 Å². The number of rotatable bonds is 8. The number of amides is 1. The first-order valence-corrected chi connectivity index (χ1v) is 10.6. The summed E-state index contributed by atoms with van der Waals surface area (Å²) in [6.07, 6.45) is -5.03. The Balaban J connectivity index is 2.38. The molecule has 6 nitrogen and oxygen atoms in total. The second kappa shape index (κ2) is 9.43. The van der Waals surface area contributed by atoms with E-state index in [1.165, 1.54) is 24.3 Å². The average molecular weight is 443 g/mol. The number of sulfonamides is 1. The Morgan fingerprint density at radius 1 is 1.29 bits per heavy atom. The second-order valence-electron chi connectivity index (χ2n) is 6.59. The average Bonchev–Trinajstić information content (AvgIpc) is 2.61. The molecule has 11 heteroatoms. The third kappa shape index (κ3) is 6.33. The summed E-state index contributed by atoms with van der Waals surface area (Å²) < 4.78 is 70.6. The third-order valence-electron chi connectivity index (χ3n) is 4.46. The Morgan fingerprint density at radius 2 is 1.93 bits per heavy atom. The first-order valence-electron chi connectivity index (χ1n) is 8.76. The Labute approximate surface area is 166 Å². The first-order chi connectivity index (χ1) is 13.0. The number of halogens is 4. The van der Waals surface area contributed by atoms with Crippen LogP contribution in [0.25, 0.3) is 0 Å². The smallest absolute Gasteiger partial charge is 0.377 e. The summed E-state index contributed by atoms with van der Waals surface area (Å²) >= 11 is 5.78. The van der Waals surface area contributed by atoms with E-state index in [1.54, 1.807) is 0 Å². The molecule has 1 aliphatic rings. The fraction of sp³-hybridized carbons (Fsp3) is 0.588. The van der Waals surface area contributed by atoms with Gasteiger partial charge >= 0.3 is 6.18 Å². The highest BCUT2D eigenvalue weighted by atomic mass is 35.5. The van der Waals surface area contributed by atoms with Gasteiger partial charge in [-0.2, -0.15) is 17.5 Å². The van der Waals surface area contributed by atoms with E-state index in [9.17, 15) is 26.4 Å². The number of nitrogens with zero attached hydrogens (tertiary/aromatic N) is 1. The van der Waals surface area contributed by atoms with E-state index in [2.05, 4.69) is 0 Å². The lowest BCUT2D eigenvalue weighted by Crippen LogP contribution is -2.51. The van der Waals surface area contributed by atoms with Gasteiger partial charge in [-0.15, -0.1) is 0 Å². The van der Waals surface area contributed by atoms with Crippen molar-refractivity contribution in [2.75, 3.05) is 13.2 Å². The molecule has 1 saturated heterocycles. The van der Waals surface area contributed by atoms with E-state index in [1.807, 2.05) is 0 Å². The van der Waals surface area contributed by atoms with Crippen molar-refractivity contribution in [2.45, 2.75) is 55.3 Å². The summed E-state index contributed by atoms with van der Waals surface area (Å²) in [6.45, 7) is 0.166. The molecule has 1 aliphatic heterocycles. The minimum atomic E-state index is -4.55. The number of benzene rings is 1. The lowest BCUT2D eigenvalue weighted by Gasteiger charge is -2.33. The number of carbonyl (C=O) groups is 1. The van der Waals surface area contributed by atoms with E-state index in [4.69, 9.17) is 22.1 Å². The monoisotopic (exact) mass is 442 g/mol. The number of carbonyl (C=O) groups excluding carboxylic acids is 1. The van der Waals surface area contributed by atoms with Crippen LogP contribution in [0.2, 0.25) is 5.02 Å². The van der Waals surface area contributed by atoms with Crippen molar-refractivity contribution in [3.63, 3.8) is 0 Å². The van der Waals surface area contributed by atoms with Crippen molar-refractivity contribution in [3.8, 4) is 0 Å². The second-order valence-corrected chi connectivity index (χ2v) is 8.92. The number of nitrogens with two attached hydrogens (primary N) is 1. The molecule has 0 saturated carbocycles. The van der Waals surface area contributed by atoms with E-state index >= 15 is 0 Å². The van der Waals surface area contributed by atoms with Gasteiger partial charge in [-0.25, -0.2) is 8.42 Å². The molecule has 0 spiro atoms. The number of hydrogen-bond acceptors (Lipinski definition) is 4. The summed E-state index contributed by atoms with van der Waals surface area (Å²) in [5.41, 5.74) is 5.30. The van der Waals surface area contributed by atoms with Crippen molar-refractivity contribution in [2.24, 2.45) is 5.73 Å². The minimum Gasteiger partial charge on any atom is -0.377 e. The maximum atomic E-state index is 13.1. The zero-order valence-corrected chi connectivity index (χ0v) is 16.6. The molecule has 1 aromatic rings. The standard InChI is InChI=1S/C17H22ClF3N2O4S/c18-12-4-6-14(7-5-12)28(25,26)23(11-13-3-1-2-10-27-13)15(16(22)24)8-9-17(19,20)21/h4-7,13,15H,1-3,8-11H2,(H2,22,24)/t13-,15-/m1/s1. The maximum Gasteiger partial charge on any atom is 0.389 e. The molecule has 0 aromatic heterocycles. The molecule has 0 aliphatic carbocycles. The van der Waals surface area contributed by atoms with E-state index < -0.39 is 47.1 Å². The number of primary amides is 1. The van der Waals surface area contributed by atoms with Gasteiger partial charge in [0.1, 0.15) is 6.04 Å². The fourth-order valence-electron chi connectivity index (χ4n) is 3.02. The molecule has 2 rings (SSSR count).